The molecule has 5 heteroatoms. The van der Waals surface area contributed by atoms with Gasteiger partial charge < -0.3 is 14.4 Å². The number of rotatable bonds is 6. The Balaban J connectivity index is 1.52. The fourth-order valence-corrected chi connectivity index (χ4v) is 4.75. The van der Waals surface area contributed by atoms with E-state index < -0.39 is 5.60 Å². The minimum absolute atomic E-state index is 0.398. The molecule has 1 aromatic carbocycles. The van der Waals surface area contributed by atoms with Crippen molar-refractivity contribution in [1.29, 1.82) is 0 Å². The maximum atomic E-state index is 11.3. The third kappa shape index (κ3) is 3.14. The number of nitrogens with zero attached hydrogens (tertiary/aromatic N) is 3. The molecule has 2 atom stereocenters. The summed E-state index contributed by atoms with van der Waals surface area (Å²) >= 11 is 0. The maximum absolute atomic E-state index is 11.3. The quantitative estimate of drug-likeness (QED) is 0.864. The summed E-state index contributed by atoms with van der Waals surface area (Å²) in [6.45, 7) is 3.78. The Kier molecular flexibility index (Phi) is 4.76. The van der Waals surface area contributed by atoms with Crippen LogP contribution in [-0.4, -0.2) is 38.2 Å². The number of imidazole rings is 1. The minimum Gasteiger partial charge on any atom is -0.493 e. The lowest BCUT2D eigenvalue weighted by Gasteiger charge is -2.43. The molecule has 2 saturated heterocycles. The van der Waals surface area contributed by atoms with Crippen LogP contribution in [0.1, 0.15) is 50.4 Å². The van der Waals surface area contributed by atoms with E-state index in [1.165, 1.54) is 5.56 Å². The molecule has 26 heavy (non-hydrogen) atoms. The normalized spacial score (nSPS) is 28.4. The van der Waals surface area contributed by atoms with E-state index in [9.17, 15) is 5.11 Å². The number of fused-ring (bicyclic) bond motifs is 2. The summed E-state index contributed by atoms with van der Waals surface area (Å²) in [6, 6.07) is 9.17. The molecule has 2 bridgehead atoms. The lowest BCUT2D eigenvalue weighted by molar-refractivity contribution is -0.0670. The van der Waals surface area contributed by atoms with Crippen molar-refractivity contribution in [2.45, 2.75) is 63.3 Å². The maximum Gasteiger partial charge on any atom is 0.140 e. The summed E-state index contributed by atoms with van der Waals surface area (Å²) in [5, 5.41) is 11.3. The molecule has 3 heterocycles. The summed E-state index contributed by atoms with van der Waals surface area (Å²) < 4.78 is 7.91. The topological polar surface area (TPSA) is 50.5 Å². The van der Waals surface area contributed by atoms with Gasteiger partial charge in [0.1, 0.15) is 17.2 Å². The van der Waals surface area contributed by atoms with Crippen molar-refractivity contribution >= 4 is 0 Å². The van der Waals surface area contributed by atoms with E-state index in [0.717, 1.165) is 56.8 Å². The van der Waals surface area contributed by atoms with E-state index in [0.29, 0.717) is 12.1 Å². The highest BCUT2D eigenvalue weighted by Crippen LogP contribution is 2.46. The van der Waals surface area contributed by atoms with Gasteiger partial charge in [-0.2, -0.15) is 0 Å². The lowest BCUT2D eigenvalue weighted by Crippen LogP contribution is -2.50. The molecule has 2 unspecified atom stereocenters. The number of ether oxygens (including phenoxy) is 1. The van der Waals surface area contributed by atoms with Crippen LogP contribution in [0.4, 0.5) is 0 Å². The predicted octanol–water partition coefficient (Wildman–Crippen LogP) is 3.22. The first-order chi connectivity index (χ1) is 12.6. The molecule has 2 fully saturated rings. The number of hydrogen-bond donors (Lipinski definition) is 1. The Morgan fingerprint density at radius 2 is 1.96 bits per heavy atom. The average Bonchev–Trinajstić information content (AvgIpc) is 3.17. The van der Waals surface area contributed by atoms with Crippen LogP contribution in [0.3, 0.4) is 0 Å². The van der Waals surface area contributed by atoms with E-state index in [-0.39, 0.29) is 0 Å². The molecule has 0 spiro atoms. The molecule has 140 valence electrons. The second-order valence-corrected chi connectivity index (χ2v) is 7.82. The Labute approximate surface area is 155 Å². The molecular formula is C21H29N3O2. The zero-order valence-corrected chi connectivity index (χ0v) is 15.8. The molecular weight excluding hydrogens is 326 g/mol. The van der Waals surface area contributed by atoms with Crippen LogP contribution in [-0.2, 0) is 19.2 Å². The van der Waals surface area contributed by atoms with Crippen LogP contribution in [0.15, 0.2) is 36.7 Å². The summed E-state index contributed by atoms with van der Waals surface area (Å²) in [6.07, 6.45) is 8.52. The first-order valence-corrected chi connectivity index (χ1v) is 9.77. The molecule has 2 aliphatic rings. The Hall–Kier alpha value is -1.85. The number of aryl methyl sites for hydroxylation is 1. The van der Waals surface area contributed by atoms with Crippen molar-refractivity contribution in [2.75, 3.05) is 6.61 Å². The van der Waals surface area contributed by atoms with Gasteiger partial charge in [0.15, 0.2) is 0 Å². The van der Waals surface area contributed by atoms with Crippen molar-refractivity contribution in [2.24, 2.45) is 7.05 Å². The summed E-state index contributed by atoms with van der Waals surface area (Å²) in [5.74, 6) is 1.81. The van der Waals surface area contributed by atoms with Crippen LogP contribution in [0.25, 0.3) is 0 Å². The Bertz CT molecular complexity index is 743. The summed E-state index contributed by atoms with van der Waals surface area (Å²) in [5.41, 5.74) is 0.444. The SMILES string of the molecule is CCCOc1ccccc1CN1C2CCC1CC(O)(c1nccn1C)C2. The Morgan fingerprint density at radius 3 is 2.62 bits per heavy atom. The van der Waals surface area contributed by atoms with Crippen LogP contribution in [0.2, 0.25) is 0 Å². The van der Waals surface area contributed by atoms with E-state index in [2.05, 4.69) is 35.0 Å². The third-order valence-corrected chi connectivity index (χ3v) is 5.94. The lowest BCUT2D eigenvalue weighted by atomic mass is 9.85. The van der Waals surface area contributed by atoms with Gasteiger partial charge in [0.25, 0.3) is 0 Å². The van der Waals surface area contributed by atoms with Crippen molar-refractivity contribution < 1.29 is 9.84 Å². The molecule has 0 radical (unpaired) electrons. The molecule has 0 amide bonds. The van der Waals surface area contributed by atoms with E-state index >= 15 is 0 Å². The van der Waals surface area contributed by atoms with E-state index in [4.69, 9.17) is 4.74 Å². The van der Waals surface area contributed by atoms with E-state index in [1.54, 1.807) is 6.20 Å². The van der Waals surface area contributed by atoms with Gasteiger partial charge in [0, 0.05) is 43.6 Å². The fourth-order valence-electron chi connectivity index (χ4n) is 4.75. The highest BCUT2D eigenvalue weighted by atomic mass is 16.5. The predicted molar refractivity (Wildman–Crippen MR) is 101 cm³/mol. The number of para-hydroxylation sites is 1. The van der Waals surface area contributed by atoms with Crippen molar-refractivity contribution in [3.63, 3.8) is 0 Å². The van der Waals surface area contributed by atoms with E-state index in [1.807, 2.05) is 23.9 Å². The van der Waals surface area contributed by atoms with Gasteiger partial charge in [-0.05, 0) is 38.2 Å². The van der Waals surface area contributed by atoms with Gasteiger partial charge in [-0.15, -0.1) is 0 Å². The second-order valence-electron chi connectivity index (χ2n) is 7.82. The van der Waals surface area contributed by atoms with Gasteiger partial charge in [0.05, 0.1) is 6.61 Å². The number of aromatic nitrogens is 2. The zero-order chi connectivity index (χ0) is 18.1. The second kappa shape index (κ2) is 7.05. The minimum atomic E-state index is -0.807. The fraction of sp³-hybridized carbons (Fsp3) is 0.571. The third-order valence-electron chi connectivity index (χ3n) is 5.94. The molecule has 0 aliphatic carbocycles. The molecule has 1 N–H and O–H groups in total. The van der Waals surface area contributed by atoms with Crippen LogP contribution < -0.4 is 4.74 Å². The highest BCUT2D eigenvalue weighted by molar-refractivity contribution is 5.33. The smallest absolute Gasteiger partial charge is 0.140 e. The number of aliphatic hydroxyl groups is 1. The van der Waals surface area contributed by atoms with Crippen LogP contribution in [0.5, 0.6) is 5.75 Å². The standard InChI is InChI=1S/C21H29N3O2/c1-3-12-26-19-7-5-4-6-16(19)15-24-17-8-9-18(24)14-21(25,13-17)20-22-10-11-23(20)2/h4-7,10-11,17-18,25H,3,8-9,12-15H2,1-2H3. The number of piperidine rings is 1. The van der Waals surface area contributed by atoms with Crippen molar-refractivity contribution in [3.05, 3.63) is 48.0 Å². The first kappa shape index (κ1) is 17.6. The van der Waals surface area contributed by atoms with Crippen LogP contribution >= 0.6 is 0 Å². The van der Waals surface area contributed by atoms with Gasteiger partial charge in [-0.25, -0.2) is 4.98 Å². The summed E-state index contributed by atoms with van der Waals surface area (Å²) in [4.78, 5) is 7.01. The Morgan fingerprint density at radius 1 is 1.23 bits per heavy atom. The van der Waals surface area contributed by atoms with Gasteiger partial charge in [0.2, 0.25) is 0 Å². The van der Waals surface area contributed by atoms with Crippen LogP contribution in [0, 0.1) is 0 Å². The number of benzene rings is 1. The summed E-state index contributed by atoms with van der Waals surface area (Å²) in [7, 11) is 1.97. The van der Waals surface area contributed by atoms with Gasteiger partial charge in [-0.1, -0.05) is 25.1 Å². The molecule has 0 saturated carbocycles. The van der Waals surface area contributed by atoms with Crippen molar-refractivity contribution in [1.82, 2.24) is 14.5 Å². The van der Waals surface area contributed by atoms with Gasteiger partial charge >= 0.3 is 0 Å². The molecule has 4 rings (SSSR count). The van der Waals surface area contributed by atoms with Crippen molar-refractivity contribution in [3.8, 4) is 5.75 Å². The molecule has 5 nitrogen and oxygen atoms in total. The molecule has 2 aliphatic heterocycles. The monoisotopic (exact) mass is 355 g/mol. The first-order valence-electron chi connectivity index (χ1n) is 9.77. The zero-order valence-electron chi connectivity index (χ0n) is 15.8. The number of hydrogen-bond acceptors (Lipinski definition) is 4. The highest BCUT2D eigenvalue weighted by Gasteiger charge is 2.49. The average molecular weight is 355 g/mol. The largest absolute Gasteiger partial charge is 0.493 e. The van der Waals surface area contributed by atoms with Gasteiger partial charge in [-0.3, -0.25) is 4.90 Å². The molecule has 2 aromatic rings. The molecule has 1 aromatic heterocycles.